The van der Waals surface area contributed by atoms with Gasteiger partial charge in [0.05, 0.1) is 6.54 Å². The first kappa shape index (κ1) is 9.45. The van der Waals surface area contributed by atoms with Crippen LogP contribution in [0.5, 0.6) is 0 Å². The molecule has 0 aromatic rings. The van der Waals surface area contributed by atoms with Crippen molar-refractivity contribution in [1.29, 1.82) is 0 Å². The van der Waals surface area contributed by atoms with Crippen molar-refractivity contribution in [3.05, 3.63) is 0 Å². The van der Waals surface area contributed by atoms with Crippen LogP contribution in [-0.2, 0) is 21.7 Å². The molecule has 0 bridgehead atoms. The zero-order valence-electron chi connectivity index (χ0n) is 5.20. The van der Waals surface area contributed by atoms with Crippen LogP contribution in [0.4, 0.5) is 4.79 Å². The van der Waals surface area contributed by atoms with Gasteiger partial charge in [-0.2, -0.15) is 0 Å². The summed E-state index contributed by atoms with van der Waals surface area (Å²) in [7, 11) is 0. The molecule has 10 heavy (non-hydrogen) atoms. The minimum absolute atomic E-state index is 0. The molecule has 0 atom stereocenters. The number of carbonyl (C=O) groups excluding carboxylic acids is 1. The second-order valence-electron chi connectivity index (χ2n) is 1.66. The number of nitrogens with zero attached hydrogens (tertiary/aromatic N) is 2. The number of amides is 1. The molecule has 1 aliphatic rings. The molecular weight excluding hydrogens is 170 g/mol. The molecule has 0 spiro atoms. The van der Waals surface area contributed by atoms with Crippen LogP contribution in [0.2, 0.25) is 0 Å². The summed E-state index contributed by atoms with van der Waals surface area (Å²) in [6.45, 7) is 0.772. The number of nitrogens with two attached hydrogens (primary N) is 1. The van der Waals surface area contributed by atoms with Gasteiger partial charge in [-0.25, -0.2) is 0 Å². The van der Waals surface area contributed by atoms with Crippen LogP contribution >= 0.6 is 0 Å². The summed E-state index contributed by atoms with van der Waals surface area (Å²) < 4.78 is 0. The smallest absolute Gasteiger partial charge is 0.196 e. The van der Waals surface area contributed by atoms with Gasteiger partial charge >= 0.3 is 0 Å². The summed E-state index contributed by atoms with van der Waals surface area (Å²) >= 11 is 0. The van der Waals surface area contributed by atoms with Gasteiger partial charge in [0.1, 0.15) is 6.09 Å². The van der Waals surface area contributed by atoms with Gasteiger partial charge in [-0.05, 0) is 0 Å². The van der Waals surface area contributed by atoms with Gasteiger partial charge in [0, 0.05) is 28.3 Å². The molecule has 1 rings (SSSR count). The molecule has 6 heteroatoms. The van der Waals surface area contributed by atoms with E-state index < -0.39 is 6.09 Å². The zero-order valence-corrected chi connectivity index (χ0v) is 6.76. The van der Waals surface area contributed by atoms with E-state index in [4.69, 9.17) is 5.73 Å². The van der Waals surface area contributed by atoms with Crippen LogP contribution in [0.15, 0.2) is 4.99 Å². The quantitative estimate of drug-likeness (QED) is 0.431. The molecule has 0 saturated heterocycles. The van der Waals surface area contributed by atoms with E-state index in [0.29, 0.717) is 13.1 Å². The fourth-order valence-corrected chi connectivity index (χ4v) is 0.649. The number of guanidine groups is 1. The first-order valence-electron chi connectivity index (χ1n) is 2.50. The predicted octanol–water partition coefficient (Wildman–Crippen LogP) is -2.04. The SMILES string of the molecule is NC1=NCCN1C(=O)[O-].[Ti]. The fourth-order valence-electron chi connectivity index (χ4n) is 0.649. The summed E-state index contributed by atoms with van der Waals surface area (Å²) in [5, 5.41) is 10.1. The molecular formula is C4H6N3O2Ti-. The number of hydrogen-bond acceptors (Lipinski definition) is 4. The van der Waals surface area contributed by atoms with Crippen LogP contribution in [-0.4, -0.2) is 30.0 Å². The van der Waals surface area contributed by atoms with Gasteiger partial charge in [-0.1, -0.05) is 0 Å². The second-order valence-corrected chi connectivity index (χ2v) is 1.66. The first-order chi connectivity index (χ1) is 4.22. The average molecular weight is 176 g/mol. The van der Waals surface area contributed by atoms with E-state index >= 15 is 0 Å². The van der Waals surface area contributed by atoms with Gasteiger partial charge in [0.15, 0.2) is 5.96 Å². The molecule has 0 fully saturated rings. The monoisotopic (exact) mass is 176 g/mol. The third-order valence-corrected chi connectivity index (χ3v) is 1.09. The maximum absolute atomic E-state index is 10.1. The number of aliphatic imine (C=N–C) groups is 1. The Morgan fingerprint density at radius 1 is 1.80 bits per heavy atom. The van der Waals surface area contributed by atoms with Crippen molar-refractivity contribution in [2.24, 2.45) is 10.7 Å². The number of carboxylic acid groups (broad SMARTS) is 1. The summed E-state index contributed by atoms with van der Waals surface area (Å²) in [6.07, 6.45) is -1.28. The van der Waals surface area contributed by atoms with Crippen molar-refractivity contribution < 1.29 is 31.6 Å². The Bertz CT molecular complexity index is 170. The Balaban J connectivity index is 0.000000810. The molecule has 1 amide bonds. The van der Waals surface area contributed by atoms with E-state index in [1.165, 1.54) is 0 Å². The molecule has 0 aromatic carbocycles. The Kier molecular flexibility index (Phi) is 3.39. The molecule has 54 valence electrons. The van der Waals surface area contributed by atoms with Crippen molar-refractivity contribution in [2.45, 2.75) is 0 Å². The molecule has 2 N–H and O–H groups in total. The normalized spacial score (nSPS) is 16.0. The summed E-state index contributed by atoms with van der Waals surface area (Å²) in [4.78, 5) is 14.6. The van der Waals surface area contributed by atoms with Crippen LogP contribution in [0.25, 0.3) is 0 Å². The average Bonchev–Trinajstić information content (AvgIpc) is 2.13. The summed E-state index contributed by atoms with van der Waals surface area (Å²) in [6, 6.07) is 0. The number of carbonyl (C=O) groups is 1. The van der Waals surface area contributed by atoms with E-state index in [1.54, 1.807) is 0 Å². The fraction of sp³-hybridized carbons (Fsp3) is 0.500. The zero-order chi connectivity index (χ0) is 6.85. The van der Waals surface area contributed by atoms with Gasteiger partial charge in [0.25, 0.3) is 0 Å². The van der Waals surface area contributed by atoms with Crippen LogP contribution in [0.1, 0.15) is 0 Å². The van der Waals surface area contributed by atoms with Gasteiger partial charge < -0.3 is 15.6 Å². The molecule has 0 aromatic heterocycles. The molecule has 0 radical (unpaired) electrons. The number of hydrogen-bond donors (Lipinski definition) is 1. The second kappa shape index (κ2) is 3.58. The minimum Gasteiger partial charge on any atom is -0.530 e. The molecule has 1 aliphatic heterocycles. The molecule has 0 aliphatic carbocycles. The molecule has 0 saturated carbocycles. The van der Waals surface area contributed by atoms with E-state index in [9.17, 15) is 9.90 Å². The van der Waals surface area contributed by atoms with E-state index in [0.717, 1.165) is 4.90 Å². The maximum Gasteiger partial charge on any atom is 0.196 e. The van der Waals surface area contributed by atoms with Crippen molar-refractivity contribution in [1.82, 2.24) is 4.90 Å². The number of rotatable bonds is 0. The predicted molar refractivity (Wildman–Crippen MR) is 28.6 cm³/mol. The maximum atomic E-state index is 10.1. The molecule has 5 nitrogen and oxygen atoms in total. The Morgan fingerprint density at radius 3 is 2.60 bits per heavy atom. The van der Waals surface area contributed by atoms with E-state index in [1.807, 2.05) is 0 Å². The summed E-state index contributed by atoms with van der Waals surface area (Å²) in [5.74, 6) is 0.0370. The van der Waals surface area contributed by atoms with E-state index in [-0.39, 0.29) is 27.7 Å². The molecule has 0 unspecified atom stereocenters. The van der Waals surface area contributed by atoms with Crippen molar-refractivity contribution in [3.63, 3.8) is 0 Å². The standard InChI is InChI=1S/C4H7N3O2.Ti/c5-3-6-1-2-7(3)4(8)9;/h1-2H2,(H2,5,6)(H,8,9);/p-1. The summed E-state index contributed by atoms with van der Waals surface area (Å²) in [5.41, 5.74) is 5.14. The van der Waals surface area contributed by atoms with Crippen molar-refractivity contribution in [2.75, 3.05) is 13.1 Å². The van der Waals surface area contributed by atoms with Crippen LogP contribution in [0.3, 0.4) is 0 Å². The Hall–Kier alpha value is -0.546. The first-order valence-corrected chi connectivity index (χ1v) is 2.50. The van der Waals surface area contributed by atoms with Crippen LogP contribution in [0, 0.1) is 0 Å². The van der Waals surface area contributed by atoms with Gasteiger partial charge in [0.2, 0.25) is 0 Å². The van der Waals surface area contributed by atoms with Gasteiger partial charge in [-0.3, -0.25) is 9.89 Å². The topological polar surface area (TPSA) is 81.8 Å². The largest absolute Gasteiger partial charge is 0.530 e. The van der Waals surface area contributed by atoms with Gasteiger partial charge in [-0.15, -0.1) is 0 Å². The van der Waals surface area contributed by atoms with Crippen LogP contribution < -0.4 is 10.8 Å². The van der Waals surface area contributed by atoms with Crippen molar-refractivity contribution in [3.8, 4) is 0 Å². The van der Waals surface area contributed by atoms with Crippen molar-refractivity contribution >= 4 is 12.1 Å². The Labute approximate surface area is 72.8 Å². The minimum atomic E-state index is -1.28. The Morgan fingerprint density at radius 2 is 2.40 bits per heavy atom. The van der Waals surface area contributed by atoms with E-state index in [2.05, 4.69) is 4.99 Å². The third-order valence-electron chi connectivity index (χ3n) is 1.09. The molecule has 1 heterocycles. The third kappa shape index (κ3) is 1.72.